The molecule has 7 heteroatoms. The molecule has 0 aliphatic rings. The van der Waals surface area contributed by atoms with E-state index in [0.717, 1.165) is 9.65 Å². The molecule has 1 aromatic heterocycles. The number of benzene rings is 2. The van der Waals surface area contributed by atoms with Crippen LogP contribution < -0.4 is 9.47 Å². The van der Waals surface area contributed by atoms with Gasteiger partial charge in [0.1, 0.15) is 0 Å². The van der Waals surface area contributed by atoms with E-state index in [1.807, 2.05) is 6.07 Å². The number of rotatable bonds is 5. The van der Waals surface area contributed by atoms with E-state index >= 15 is 0 Å². The average Bonchev–Trinajstić information content (AvgIpc) is 3.04. The molecular weight excluding hydrogens is 340 g/mol. The molecule has 3 rings (SSSR count). The van der Waals surface area contributed by atoms with E-state index in [1.54, 1.807) is 63.6 Å². The van der Waals surface area contributed by atoms with Crippen molar-refractivity contribution >= 4 is 10.0 Å². The molecule has 0 atom stereocenters. The molecule has 0 radical (unpaired) electrons. The highest BCUT2D eigenvalue weighted by Crippen LogP contribution is 2.33. The quantitative estimate of drug-likeness (QED) is 0.701. The van der Waals surface area contributed by atoms with E-state index in [4.69, 9.17) is 9.47 Å². The standard InChI is InChI=1S/C18H18N2O4S/c1-13-16(14-9-10-17(23-2)18(11-14)24-3)12-20(19-13)25(21,22)15-7-5-4-6-8-15/h4-12H,1-3H3. The van der Waals surface area contributed by atoms with Crippen molar-refractivity contribution in [3.63, 3.8) is 0 Å². The molecule has 130 valence electrons. The minimum atomic E-state index is -3.73. The van der Waals surface area contributed by atoms with Crippen molar-refractivity contribution in [1.29, 1.82) is 0 Å². The highest BCUT2D eigenvalue weighted by Gasteiger charge is 2.20. The third-order valence-corrected chi connectivity index (χ3v) is 5.41. The van der Waals surface area contributed by atoms with E-state index in [2.05, 4.69) is 5.10 Å². The minimum absolute atomic E-state index is 0.191. The average molecular weight is 358 g/mol. The van der Waals surface area contributed by atoms with Crippen LogP contribution in [0.4, 0.5) is 0 Å². The van der Waals surface area contributed by atoms with E-state index in [0.29, 0.717) is 22.8 Å². The summed E-state index contributed by atoms with van der Waals surface area (Å²) in [4.78, 5) is 0.191. The van der Waals surface area contributed by atoms with Gasteiger partial charge in [-0.15, -0.1) is 0 Å². The molecule has 0 fully saturated rings. The van der Waals surface area contributed by atoms with Gasteiger partial charge in [-0.1, -0.05) is 24.3 Å². The van der Waals surface area contributed by atoms with Crippen LogP contribution in [0.25, 0.3) is 11.1 Å². The number of ether oxygens (including phenoxy) is 2. The van der Waals surface area contributed by atoms with Gasteiger partial charge in [-0.3, -0.25) is 0 Å². The lowest BCUT2D eigenvalue weighted by Gasteiger charge is -2.09. The number of methoxy groups -OCH3 is 2. The topological polar surface area (TPSA) is 70.4 Å². The predicted molar refractivity (Wildman–Crippen MR) is 94.5 cm³/mol. The summed E-state index contributed by atoms with van der Waals surface area (Å²) in [6, 6.07) is 13.6. The van der Waals surface area contributed by atoms with Crippen LogP contribution in [0.15, 0.2) is 59.6 Å². The van der Waals surface area contributed by atoms with Crippen molar-refractivity contribution < 1.29 is 17.9 Å². The van der Waals surface area contributed by atoms with Crippen LogP contribution >= 0.6 is 0 Å². The third-order valence-electron chi connectivity index (χ3n) is 3.86. The first-order valence-corrected chi connectivity index (χ1v) is 9.00. The highest BCUT2D eigenvalue weighted by molar-refractivity contribution is 7.89. The molecule has 0 aliphatic carbocycles. The van der Waals surface area contributed by atoms with Gasteiger partial charge in [0.2, 0.25) is 0 Å². The summed E-state index contributed by atoms with van der Waals surface area (Å²) in [6.07, 6.45) is 1.51. The Kier molecular flexibility index (Phi) is 4.50. The van der Waals surface area contributed by atoms with Gasteiger partial charge < -0.3 is 9.47 Å². The maximum atomic E-state index is 12.7. The van der Waals surface area contributed by atoms with Crippen molar-refractivity contribution in [3.05, 3.63) is 60.4 Å². The molecule has 6 nitrogen and oxygen atoms in total. The molecule has 0 amide bonds. The molecule has 0 N–H and O–H groups in total. The highest BCUT2D eigenvalue weighted by atomic mass is 32.2. The van der Waals surface area contributed by atoms with E-state index in [9.17, 15) is 8.42 Å². The molecule has 0 saturated carbocycles. The SMILES string of the molecule is COc1ccc(-c2cn(S(=O)(=O)c3ccccc3)nc2C)cc1OC. The largest absolute Gasteiger partial charge is 0.493 e. The monoisotopic (exact) mass is 358 g/mol. The third kappa shape index (κ3) is 3.10. The first-order chi connectivity index (χ1) is 12.0. The second-order valence-electron chi connectivity index (χ2n) is 5.39. The summed E-state index contributed by atoms with van der Waals surface area (Å²) in [7, 11) is -0.611. The number of aromatic nitrogens is 2. The van der Waals surface area contributed by atoms with Crippen molar-refractivity contribution in [2.75, 3.05) is 14.2 Å². The lowest BCUT2D eigenvalue weighted by molar-refractivity contribution is 0.355. The Morgan fingerprint density at radius 3 is 2.28 bits per heavy atom. The van der Waals surface area contributed by atoms with Crippen LogP contribution in [0.1, 0.15) is 5.69 Å². The second kappa shape index (κ2) is 6.60. The summed E-state index contributed by atoms with van der Waals surface area (Å²) in [5, 5.41) is 4.19. The summed E-state index contributed by atoms with van der Waals surface area (Å²) >= 11 is 0. The number of hydrogen-bond acceptors (Lipinski definition) is 5. The van der Waals surface area contributed by atoms with Crippen LogP contribution in [0, 0.1) is 6.92 Å². The fourth-order valence-electron chi connectivity index (χ4n) is 2.55. The maximum Gasteiger partial charge on any atom is 0.282 e. The van der Waals surface area contributed by atoms with Crippen molar-refractivity contribution in [2.24, 2.45) is 0 Å². The van der Waals surface area contributed by atoms with Gasteiger partial charge in [0.15, 0.2) is 11.5 Å². The first kappa shape index (κ1) is 17.0. The molecule has 25 heavy (non-hydrogen) atoms. The van der Waals surface area contributed by atoms with Crippen LogP contribution in [0.5, 0.6) is 11.5 Å². The van der Waals surface area contributed by atoms with E-state index < -0.39 is 10.0 Å². The Morgan fingerprint density at radius 2 is 1.64 bits per heavy atom. The molecule has 0 aliphatic heterocycles. The summed E-state index contributed by atoms with van der Waals surface area (Å²) in [5.41, 5.74) is 2.11. The lowest BCUT2D eigenvalue weighted by Crippen LogP contribution is -2.13. The lowest BCUT2D eigenvalue weighted by atomic mass is 10.1. The molecule has 1 heterocycles. The van der Waals surface area contributed by atoms with Gasteiger partial charge in [-0.25, -0.2) is 0 Å². The summed E-state index contributed by atoms with van der Waals surface area (Å²) in [6.45, 7) is 1.77. The smallest absolute Gasteiger partial charge is 0.282 e. The van der Waals surface area contributed by atoms with E-state index in [-0.39, 0.29) is 4.90 Å². The second-order valence-corrected chi connectivity index (χ2v) is 7.18. The van der Waals surface area contributed by atoms with Crippen molar-refractivity contribution in [1.82, 2.24) is 9.19 Å². The zero-order chi connectivity index (χ0) is 18.0. The van der Waals surface area contributed by atoms with Crippen LogP contribution in [0.3, 0.4) is 0 Å². The zero-order valence-corrected chi connectivity index (χ0v) is 14.9. The van der Waals surface area contributed by atoms with Crippen molar-refractivity contribution in [3.8, 4) is 22.6 Å². The fraction of sp³-hybridized carbons (Fsp3) is 0.167. The van der Waals surface area contributed by atoms with Crippen molar-refractivity contribution in [2.45, 2.75) is 11.8 Å². The van der Waals surface area contributed by atoms with E-state index in [1.165, 1.54) is 6.20 Å². The van der Waals surface area contributed by atoms with Gasteiger partial charge >= 0.3 is 0 Å². The van der Waals surface area contributed by atoms with Gasteiger partial charge in [0, 0.05) is 5.56 Å². The van der Waals surface area contributed by atoms with Gasteiger partial charge in [0.25, 0.3) is 10.0 Å². The Hall–Kier alpha value is -2.80. The normalized spacial score (nSPS) is 11.3. The molecule has 0 spiro atoms. The number of hydrogen-bond donors (Lipinski definition) is 0. The predicted octanol–water partition coefficient (Wildman–Crippen LogP) is 3.11. The Morgan fingerprint density at radius 1 is 0.960 bits per heavy atom. The van der Waals surface area contributed by atoms with Gasteiger partial charge in [0.05, 0.1) is 31.0 Å². The fourth-order valence-corrected chi connectivity index (χ4v) is 3.74. The van der Waals surface area contributed by atoms with Gasteiger partial charge in [-0.05, 0) is 36.8 Å². The molecule has 0 bridgehead atoms. The Balaban J connectivity index is 2.07. The summed E-state index contributed by atoms with van der Waals surface area (Å²) in [5.74, 6) is 1.17. The zero-order valence-electron chi connectivity index (χ0n) is 14.1. The van der Waals surface area contributed by atoms with Crippen LogP contribution in [0.2, 0.25) is 0 Å². The maximum absolute atomic E-state index is 12.7. The minimum Gasteiger partial charge on any atom is -0.493 e. The summed E-state index contributed by atoms with van der Waals surface area (Å²) < 4.78 is 37.0. The van der Waals surface area contributed by atoms with Crippen LogP contribution in [-0.2, 0) is 10.0 Å². The molecule has 0 unspecified atom stereocenters. The molecule has 0 saturated heterocycles. The van der Waals surface area contributed by atoms with Crippen LogP contribution in [-0.4, -0.2) is 31.8 Å². The Bertz CT molecular complexity index is 995. The number of nitrogens with zero attached hydrogens (tertiary/aromatic N) is 2. The molecule has 3 aromatic rings. The number of aryl methyl sites for hydroxylation is 1. The first-order valence-electron chi connectivity index (χ1n) is 7.56. The Labute approximate surface area is 146 Å². The molecule has 2 aromatic carbocycles. The molecular formula is C18H18N2O4S. The van der Waals surface area contributed by atoms with Gasteiger partial charge in [-0.2, -0.15) is 17.6 Å².